The van der Waals surface area contributed by atoms with Gasteiger partial charge in [0.25, 0.3) is 0 Å². The highest BCUT2D eigenvalue weighted by atomic mass is 16.4. The fourth-order valence-corrected chi connectivity index (χ4v) is 1.20. The third-order valence-corrected chi connectivity index (χ3v) is 2.06. The zero-order valence-electron chi connectivity index (χ0n) is 8.43. The molecule has 0 radical (unpaired) electrons. The number of nitrogens with two attached hydrogens (primary N) is 1. The predicted octanol–water partition coefficient (Wildman–Crippen LogP) is 1.19. The van der Waals surface area contributed by atoms with Crippen molar-refractivity contribution in [1.29, 1.82) is 5.26 Å². The number of rotatable bonds is 4. The minimum absolute atomic E-state index is 0.0688. The molecule has 1 aromatic rings. The lowest BCUT2D eigenvalue weighted by Crippen LogP contribution is -2.04. The van der Waals surface area contributed by atoms with Crippen LogP contribution < -0.4 is 5.73 Å². The lowest BCUT2D eigenvalue weighted by molar-refractivity contribution is -0.136. The van der Waals surface area contributed by atoms with Crippen molar-refractivity contribution in [3.05, 3.63) is 29.3 Å². The van der Waals surface area contributed by atoms with Crippen molar-refractivity contribution in [1.82, 2.24) is 0 Å². The molecule has 5 nitrogen and oxygen atoms in total. The molecule has 0 aliphatic carbocycles. The number of carbonyl (C=O) groups is 2. The van der Waals surface area contributed by atoms with Gasteiger partial charge in [0.15, 0.2) is 5.78 Å². The number of nitrogens with zero attached hydrogens (tertiary/aromatic N) is 1. The molecule has 5 heteroatoms. The third-order valence-electron chi connectivity index (χ3n) is 2.06. The number of nitriles is 1. The quantitative estimate of drug-likeness (QED) is 0.583. The molecule has 16 heavy (non-hydrogen) atoms. The molecule has 1 aromatic carbocycles. The molecule has 3 N–H and O–H groups in total. The van der Waals surface area contributed by atoms with E-state index in [1.807, 2.05) is 6.07 Å². The highest BCUT2D eigenvalue weighted by molar-refractivity contribution is 5.98. The lowest BCUT2D eigenvalue weighted by Gasteiger charge is -2.02. The van der Waals surface area contributed by atoms with Crippen molar-refractivity contribution in [3.63, 3.8) is 0 Å². The van der Waals surface area contributed by atoms with E-state index in [2.05, 4.69) is 0 Å². The van der Waals surface area contributed by atoms with Crippen LogP contribution in [0.25, 0.3) is 0 Å². The Morgan fingerprint density at radius 2 is 2.06 bits per heavy atom. The van der Waals surface area contributed by atoms with Crippen LogP contribution in [0.3, 0.4) is 0 Å². The monoisotopic (exact) mass is 218 g/mol. The summed E-state index contributed by atoms with van der Waals surface area (Å²) in [4.78, 5) is 21.8. The average Bonchev–Trinajstić information content (AvgIpc) is 2.25. The van der Waals surface area contributed by atoms with Gasteiger partial charge in [-0.1, -0.05) is 0 Å². The van der Waals surface area contributed by atoms with Gasteiger partial charge in [-0.2, -0.15) is 5.26 Å². The molecule has 0 saturated carbocycles. The molecule has 0 atom stereocenters. The first-order valence-corrected chi connectivity index (χ1v) is 4.59. The Kier molecular flexibility index (Phi) is 3.62. The van der Waals surface area contributed by atoms with Crippen molar-refractivity contribution < 1.29 is 14.7 Å². The highest BCUT2D eigenvalue weighted by Gasteiger charge is 2.09. The van der Waals surface area contributed by atoms with Crippen LogP contribution in [0.1, 0.15) is 28.8 Å². The van der Waals surface area contributed by atoms with Crippen molar-refractivity contribution >= 4 is 17.4 Å². The number of aliphatic carboxylic acids is 1. The van der Waals surface area contributed by atoms with Crippen LogP contribution in [0.2, 0.25) is 0 Å². The maximum Gasteiger partial charge on any atom is 0.303 e. The number of nitrogen functional groups attached to an aromatic ring is 1. The molecular formula is C11H10N2O3. The highest BCUT2D eigenvalue weighted by Crippen LogP contribution is 2.15. The second-order valence-corrected chi connectivity index (χ2v) is 3.23. The molecule has 0 saturated heterocycles. The first kappa shape index (κ1) is 11.7. The molecular weight excluding hydrogens is 208 g/mol. The average molecular weight is 218 g/mol. The SMILES string of the molecule is N#Cc1ccc(C(=O)CCC(=O)O)cc1N. The predicted molar refractivity (Wildman–Crippen MR) is 56.8 cm³/mol. The summed E-state index contributed by atoms with van der Waals surface area (Å²) in [6, 6.07) is 6.19. The topological polar surface area (TPSA) is 104 Å². The molecule has 0 aromatic heterocycles. The Labute approximate surface area is 92.1 Å². The molecule has 0 spiro atoms. The first-order chi connectivity index (χ1) is 7.54. The maximum absolute atomic E-state index is 11.5. The molecule has 0 bridgehead atoms. The molecule has 82 valence electrons. The number of benzene rings is 1. The lowest BCUT2D eigenvalue weighted by atomic mass is 10.0. The van der Waals surface area contributed by atoms with E-state index in [0.717, 1.165) is 0 Å². The van der Waals surface area contributed by atoms with Gasteiger partial charge in [0.1, 0.15) is 6.07 Å². The summed E-state index contributed by atoms with van der Waals surface area (Å²) in [5, 5.41) is 17.1. The Balaban J connectivity index is 2.82. The Morgan fingerprint density at radius 1 is 1.38 bits per heavy atom. The van der Waals surface area contributed by atoms with Crippen molar-refractivity contribution in [3.8, 4) is 6.07 Å². The molecule has 0 amide bonds. The van der Waals surface area contributed by atoms with Crippen LogP contribution in [0.15, 0.2) is 18.2 Å². The Hall–Kier alpha value is -2.35. The number of carbonyl (C=O) groups excluding carboxylic acids is 1. The summed E-state index contributed by atoms with van der Waals surface area (Å²) in [5.41, 5.74) is 6.39. The molecule has 0 fully saturated rings. The van der Waals surface area contributed by atoms with Gasteiger partial charge in [-0.3, -0.25) is 9.59 Å². The van der Waals surface area contributed by atoms with Crippen molar-refractivity contribution in [2.75, 3.05) is 5.73 Å². The van der Waals surface area contributed by atoms with E-state index in [0.29, 0.717) is 11.1 Å². The minimum atomic E-state index is -1.02. The fraction of sp³-hybridized carbons (Fsp3) is 0.182. The largest absolute Gasteiger partial charge is 0.481 e. The van der Waals surface area contributed by atoms with E-state index < -0.39 is 5.97 Å². The maximum atomic E-state index is 11.5. The van der Waals surface area contributed by atoms with Crippen molar-refractivity contribution in [2.24, 2.45) is 0 Å². The summed E-state index contributed by atoms with van der Waals surface area (Å²) in [7, 11) is 0. The van der Waals surface area contributed by atoms with Crippen LogP contribution in [-0.4, -0.2) is 16.9 Å². The van der Waals surface area contributed by atoms with Gasteiger partial charge in [-0.15, -0.1) is 0 Å². The van der Waals surface area contributed by atoms with Gasteiger partial charge >= 0.3 is 5.97 Å². The standard InChI is InChI=1S/C11H10N2O3/c12-6-8-2-1-7(5-9(8)13)10(14)3-4-11(15)16/h1-2,5H,3-4,13H2,(H,15,16). The fourth-order valence-electron chi connectivity index (χ4n) is 1.20. The second kappa shape index (κ2) is 4.94. The number of Topliss-reactive ketones (excluding diaryl/α,β-unsaturated/α-hetero) is 1. The minimum Gasteiger partial charge on any atom is -0.481 e. The summed E-state index contributed by atoms with van der Waals surface area (Å²) < 4.78 is 0. The number of carboxylic acids is 1. The van der Waals surface area contributed by atoms with E-state index in [1.165, 1.54) is 18.2 Å². The van der Waals surface area contributed by atoms with Gasteiger partial charge in [0.05, 0.1) is 17.7 Å². The van der Waals surface area contributed by atoms with Crippen LogP contribution in [0.4, 0.5) is 5.69 Å². The van der Waals surface area contributed by atoms with Crippen LogP contribution >= 0.6 is 0 Å². The van der Waals surface area contributed by atoms with Gasteiger partial charge in [-0.25, -0.2) is 0 Å². The van der Waals surface area contributed by atoms with Gasteiger partial charge in [0.2, 0.25) is 0 Å². The second-order valence-electron chi connectivity index (χ2n) is 3.23. The summed E-state index contributed by atoms with van der Waals surface area (Å²) >= 11 is 0. The van der Waals surface area contributed by atoms with E-state index in [1.54, 1.807) is 0 Å². The zero-order chi connectivity index (χ0) is 12.1. The normalized spacial score (nSPS) is 9.44. The zero-order valence-corrected chi connectivity index (χ0v) is 8.43. The summed E-state index contributed by atoms with van der Waals surface area (Å²) in [6.45, 7) is 0. The van der Waals surface area contributed by atoms with Crippen molar-refractivity contribution in [2.45, 2.75) is 12.8 Å². The number of hydrogen-bond donors (Lipinski definition) is 2. The summed E-state index contributed by atoms with van der Waals surface area (Å²) in [5.74, 6) is -1.31. The van der Waals surface area contributed by atoms with Gasteiger partial charge in [0, 0.05) is 12.0 Å². The number of carboxylic acid groups (broad SMARTS) is 1. The van der Waals surface area contributed by atoms with Crippen LogP contribution in [-0.2, 0) is 4.79 Å². The van der Waals surface area contributed by atoms with E-state index in [9.17, 15) is 9.59 Å². The number of ketones is 1. The number of anilines is 1. The van der Waals surface area contributed by atoms with E-state index in [-0.39, 0.29) is 24.3 Å². The van der Waals surface area contributed by atoms with E-state index >= 15 is 0 Å². The molecule has 0 heterocycles. The molecule has 1 rings (SSSR count). The Morgan fingerprint density at radius 3 is 2.56 bits per heavy atom. The van der Waals surface area contributed by atoms with Crippen LogP contribution in [0, 0.1) is 11.3 Å². The molecule has 0 aliphatic heterocycles. The van der Waals surface area contributed by atoms with Gasteiger partial charge in [-0.05, 0) is 18.2 Å². The smallest absolute Gasteiger partial charge is 0.303 e. The van der Waals surface area contributed by atoms with Crippen LogP contribution in [0.5, 0.6) is 0 Å². The third kappa shape index (κ3) is 2.82. The molecule has 0 unspecified atom stereocenters. The number of hydrogen-bond acceptors (Lipinski definition) is 4. The summed E-state index contributed by atoms with van der Waals surface area (Å²) in [6.07, 6.45) is -0.278. The molecule has 0 aliphatic rings. The Bertz CT molecular complexity index is 475. The first-order valence-electron chi connectivity index (χ1n) is 4.59. The van der Waals surface area contributed by atoms with E-state index in [4.69, 9.17) is 16.1 Å². The van der Waals surface area contributed by atoms with Gasteiger partial charge < -0.3 is 10.8 Å².